The van der Waals surface area contributed by atoms with Gasteiger partial charge in [-0.3, -0.25) is 0 Å². The highest BCUT2D eigenvalue weighted by Gasteiger charge is 1.91. The van der Waals surface area contributed by atoms with Crippen LogP contribution in [0.4, 0.5) is 10.2 Å². The summed E-state index contributed by atoms with van der Waals surface area (Å²) in [5.41, 5.74) is 0.857. The Hall–Kier alpha value is -1.19. The summed E-state index contributed by atoms with van der Waals surface area (Å²) >= 11 is 0. The molecule has 0 saturated heterocycles. The second kappa shape index (κ2) is 3.85. The van der Waals surface area contributed by atoms with Gasteiger partial charge >= 0.3 is 0 Å². The van der Waals surface area contributed by atoms with Crippen molar-refractivity contribution < 1.29 is 4.39 Å². The lowest BCUT2D eigenvalue weighted by molar-refractivity contribution is 0.512. The standard InChI is InChI=1S/C7H10FN3/c1-6-2-3-7(11-10-6)9-5-4-8/h2-3H,4-5H2,1H3,(H,9,11). The van der Waals surface area contributed by atoms with Crippen molar-refractivity contribution in [1.82, 2.24) is 10.2 Å². The van der Waals surface area contributed by atoms with Crippen molar-refractivity contribution >= 4 is 5.82 Å². The Morgan fingerprint density at radius 1 is 1.45 bits per heavy atom. The highest BCUT2D eigenvalue weighted by molar-refractivity contribution is 5.32. The number of hydrogen-bond acceptors (Lipinski definition) is 3. The molecule has 1 aromatic rings. The third-order valence-electron chi connectivity index (χ3n) is 1.20. The van der Waals surface area contributed by atoms with Crippen molar-refractivity contribution in [2.24, 2.45) is 0 Å². The fourth-order valence-electron chi connectivity index (χ4n) is 0.669. The van der Waals surface area contributed by atoms with E-state index in [-0.39, 0.29) is 6.54 Å². The van der Waals surface area contributed by atoms with Gasteiger partial charge in [-0.1, -0.05) is 0 Å². The quantitative estimate of drug-likeness (QED) is 0.711. The Labute approximate surface area is 64.6 Å². The van der Waals surface area contributed by atoms with E-state index in [0.717, 1.165) is 5.69 Å². The maximum Gasteiger partial charge on any atom is 0.148 e. The van der Waals surface area contributed by atoms with Crippen molar-refractivity contribution in [2.45, 2.75) is 6.92 Å². The molecule has 0 fully saturated rings. The van der Waals surface area contributed by atoms with E-state index < -0.39 is 6.67 Å². The number of nitrogens with zero attached hydrogens (tertiary/aromatic N) is 2. The lowest BCUT2D eigenvalue weighted by atomic mass is 10.4. The molecule has 0 bridgehead atoms. The van der Waals surface area contributed by atoms with Gasteiger partial charge in [-0.05, 0) is 19.1 Å². The van der Waals surface area contributed by atoms with Gasteiger partial charge in [-0.2, -0.15) is 5.10 Å². The van der Waals surface area contributed by atoms with E-state index in [2.05, 4.69) is 15.5 Å². The van der Waals surface area contributed by atoms with Crippen LogP contribution in [0.25, 0.3) is 0 Å². The maximum atomic E-state index is 11.6. The van der Waals surface area contributed by atoms with Gasteiger partial charge in [0.05, 0.1) is 5.69 Å². The average molecular weight is 155 g/mol. The van der Waals surface area contributed by atoms with Gasteiger partial charge in [0.2, 0.25) is 0 Å². The molecule has 0 aromatic carbocycles. The first kappa shape index (κ1) is 7.91. The molecule has 4 heteroatoms. The summed E-state index contributed by atoms with van der Waals surface area (Å²) in [4.78, 5) is 0. The number of alkyl halides is 1. The molecule has 0 aliphatic rings. The van der Waals surface area contributed by atoms with Crippen LogP contribution < -0.4 is 5.32 Å². The zero-order valence-electron chi connectivity index (χ0n) is 6.34. The van der Waals surface area contributed by atoms with Crippen LogP contribution in [0.1, 0.15) is 5.69 Å². The van der Waals surface area contributed by atoms with Gasteiger partial charge in [-0.15, -0.1) is 5.10 Å². The van der Waals surface area contributed by atoms with Gasteiger partial charge in [-0.25, -0.2) is 4.39 Å². The average Bonchev–Trinajstić information content (AvgIpc) is 2.04. The molecule has 0 amide bonds. The van der Waals surface area contributed by atoms with Crippen LogP contribution in [-0.4, -0.2) is 23.4 Å². The molecule has 11 heavy (non-hydrogen) atoms. The summed E-state index contributed by atoms with van der Waals surface area (Å²) in [5.74, 6) is 0.619. The SMILES string of the molecule is Cc1ccc(NCCF)nn1. The van der Waals surface area contributed by atoms with E-state index in [4.69, 9.17) is 0 Å². The first-order chi connectivity index (χ1) is 5.33. The van der Waals surface area contributed by atoms with Crippen molar-refractivity contribution in [1.29, 1.82) is 0 Å². The van der Waals surface area contributed by atoms with E-state index in [9.17, 15) is 4.39 Å². The van der Waals surface area contributed by atoms with Crippen LogP contribution in [0.2, 0.25) is 0 Å². The van der Waals surface area contributed by atoms with E-state index in [1.54, 1.807) is 6.07 Å². The molecule has 0 aliphatic carbocycles. The number of anilines is 1. The van der Waals surface area contributed by atoms with Gasteiger partial charge in [0.1, 0.15) is 12.5 Å². The number of aromatic nitrogens is 2. The van der Waals surface area contributed by atoms with Gasteiger partial charge in [0, 0.05) is 6.54 Å². The minimum atomic E-state index is -0.393. The van der Waals surface area contributed by atoms with E-state index in [1.165, 1.54) is 0 Å². The second-order valence-corrected chi connectivity index (χ2v) is 2.18. The molecular weight excluding hydrogens is 145 g/mol. The number of halogens is 1. The Bertz CT molecular complexity index is 209. The monoisotopic (exact) mass is 155 g/mol. The molecule has 3 nitrogen and oxygen atoms in total. The Morgan fingerprint density at radius 2 is 2.27 bits per heavy atom. The van der Waals surface area contributed by atoms with Crippen LogP contribution in [-0.2, 0) is 0 Å². The highest BCUT2D eigenvalue weighted by atomic mass is 19.1. The summed E-state index contributed by atoms with van der Waals surface area (Å²) in [5, 5.41) is 10.4. The molecular formula is C7H10FN3. The summed E-state index contributed by atoms with van der Waals surface area (Å²) in [6.45, 7) is 1.75. The molecule has 0 unspecified atom stereocenters. The summed E-state index contributed by atoms with van der Waals surface area (Å²) < 4.78 is 11.6. The topological polar surface area (TPSA) is 37.8 Å². The Balaban J connectivity index is 2.52. The largest absolute Gasteiger partial charge is 0.366 e. The fraction of sp³-hybridized carbons (Fsp3) is 0.429. The fourth-order valence-corrected chi connectivity index (χ4v) is 0.669. The number of hydrogen-bond donors (Lipinski definition) is 1. The van der Waals surface area contributed by atoms with E-state index in [1.807, 2.05) is 13.0 Å². The van der Waals surface area contributed by atoms with Crippen molar-refractivity contribution in [3.8, 4) is 0 Å². The molecule has 1 rings (SSSR count). The summed E-state index contributed by atoms with van der Waals surface area (Å²) in [6.07, 6.45) is 0. The minimum Gasteiger partial charge on any atom is -0.366 e. The van der Waals surface area contributed by atoms with E-state index in [0.29, 0.717) is 5.82 Å². The first-order valence-electron chi connectivity index (χ1n) is 3.43. The molecule has 1 aromatic heterocycles. The maximum absolute atomic E-state index is 11.6. The molecule has 0 spiro atoms. The van der Waals surface area contributed by atoms with Crippen LogP contribution in [0, 0.1) is 6.92 Å². The lowest BCUT2D eigenvalue weighted by Gasteiger charge is -1.99. The molecule has 0 saturated carbocycles. The normalized spacial score (nSPS) is 9.64. The number of nitrogens with one attached hydrogen (secondary N) is 1. The van der Waals surface area contributed by atoms with Gasteiger partial charge in [0.15, 0.2) is 0 Å². The molecule has 0 radical (unpaired) electrons. The third kappa shape index (κ3) is 2.49. The van der Waals surface area contributed by atoms with Crippen molar-refractivity contribution in [3.05, 3.63) is 17.8 Å². The smallest absolute Gasteiger partial charge is 0.148 e. The molecule has 1 N–H and O–H groups in total. The Kier molecular flexibility index (Phi) is 2.77. The van der Waals surface area contributed by atoms with Gasteiger partial charge < -0.3 is 5.32 Å². The predicted octanol–water partition coefficient (Wildman–Crippen LogP) is 1.17. The van der Waals surface area contributed by atoms with Crippen LogP contribution in [0.3, 0.4) is 0 Å². The molecule has 60 valence electrons. The third-order valence-corrected chi connectivity index (χ3v) is 1.20. The van der Waals surface area contributed by atoms with Gasteiger partial charge in [0.25, 0.3) is 0 Å². The van der Waals surface area contributed by atoms with Crippen LogP contribution >= 0.6 is 0 Å². The molecule has 0 atom stereocenters. The highest BCUT2D eigenvalue weighted by Crippen LogP contribution is 1.99. The van der Waals surface area contributed by atoms with Crippen LogP contribution in [0.15, 0.2) is 12.1 Å². The summed E-state index contributed by atoms with van der Waals surface area (Å²) in [7, 11) is 0. The number of aryl methyl sites for hydroxylation is 1. The second-order valence-electron chi connectivity index (χ2n) is 2.18. The Morgan fingerprint density at radius 3 is 2.82 bits per heavy atom. The van der Waals surface area contributed by atoms with E-state index >= 15 is 0 Å². The zero-order chi connectivity index (χ0) is 8.10. The zero-order valence-corrected chi connectivity index (χ0v) is 6.34. The molecule has 0 aliphatic heterocycles. The summed E-state index contributed by atoms with van der Waals surface area (Å²) in [6, 6.07) is 3.60. The minimum absolute atomic E-state index is 0.289. The van der Waals surface area contributed by atoms with Crippen molar-refractivity contribution in [2.75, 3.05) is 18.5 Å². The molecule has 1 heterocycles. The van der Waals surface area contributed by atoms with Crippen molar-refractivity contribution in [3.63, 3.8) is 0 Å². The van der Waals surface area contributed by atoms with Crippen LogP contribution in [0.5, 0.6) is 0 Å². The predicted molar refractivity (Wildman–Crippen MR) is 41.2 cm³/mol. The first-order valence-corrected chi connectivity index (χ1v) is 3.43. The number of rotatable bonds is 3. The lowest BCUT2D eigenvalue weighted by Crippen LogP contribution is -2.05.